The van der Waals surface area contributed by atoms with E-state index in [4.69, 9.17) is 14.5 Å². The molecule has 9 heteroatoms. The van der Waals surface area contributed by atoms with Crippen molar-refractivity contribution < 1.29 is 9.47 Å². The summed E-state index contributed by atoms with van der Waals surface area (Å²) >= 11 is 1.74. The van der Waals surface area contributed by atoms with Crippen LogP contribution in [0.2, 0.25) is 0 Å². The lowest BCUT2D eigenvalue weighted by atomic mass is 10.2. The number of methoxy groups -OCH3 is 2. The van der Waals surface area contributed by atoms with E-state index in [0.717, 1.165) is 59.9 Å². The lowest BCUT2D eigenvalue weighted by Gasteiger charge is -2.14. The Kier molecular flexibility index (Phi) is 9.79. The van der Waals surface area contributed by atoms with Crippen molar-refractivity contribution in [3.63, 3.8) is 0 Å². The predicted octanol–water partition coefficient (Wildman–Crippen LogP) is 3.29. The molecule has 3 rings (SSSR count). The van der Waals surface area contributed by atoms with Crippen molar-refractivity contribution >= 4 is 46.4 Å². The zero-order chi connectivity index (χ0) is 19.8. The molecule has 0 atom stereocenters. The Morgan fingerprint density at radius 3 is 2.69 bits per heavy atom. The molecule has 0 bridgehead atoms. The standard InChI is InChI=1S/C20H29N5O2S.HI/c1-21-19(23-13-15-6-7-17(26-2)12-18(15)27-3)22-9-8-16-14-28-20(24-16)25-10-4-5-11-25;/h6-7,12,14H,4-5,8-11,13H2,1-3H3,(H2,21,22,23);1H. The number of aromatic nitrogens is 1. The highest BCUT2D eigenvalue weighted by Crippen LogP contribution is 2.25. The Morgan fingerprint density at radius 1 is 1.21 bits per heavy atom. The van der Waals surface area contributed by atoms with E-state index >= 15 is 0 Å². The van der Waals surface area contributed by atoms with Crippen molar-refractivity contribution in [3.05, 3.63) is 34.8 Å². The van der Waals surface area contributed by atoms with Crippen LogP contribution in [-0.2, 0) is 13.0 Å². The molecule has 160 valence electrons. The first kappa shape index (κ1) is 23.5. The number of aliphatic imine (C=N–C) groups is 1. The summed E-state index contributed by atoms with van der Waals surface area (Å²) in [5.74, 6) is 2.33. The summed E-state index contributed by atoms with van der Waals surface area (Å²) in [7, 11) is 5.08. The summed E-state index contributed by atoms with van der Waals surface area (Å²) < 4.78 is 10.7. The van der Waals surface area contributed by atoms with Crippen LogP contribution in [0, 0.1) is 0 Å². The Morgan fingerprint density at radius 2 is 2.00 bits per heavy atom. The van der Waals surface area contributed by atoms with Gasteiger partial charge in [0, 0.05) is 56.7 Å². The number of halogens is 1. The molecular weight excluding hydrogens is 501 g/mol. The number of nitrogens with one attached hydrogen (secondary N) is 2. The van der Waals surface area contributed by atoms with E-state index in [0.29, 0.717) is 6.54 Å². The fraction of sp³-hybridized carbons (Fsp3) is 0.500. The van der Waals surface area contributed by atoms with Crippen LogP contribution >= 0.6 is 35.3 Å². The Labute approximate surface area is 193 Å². The molecule has 1 saturated heterocycles. The molecular formula is C20H30IN5O2S. The van der Waals surface area contributed by atoms with Crippen LogP contribution in [0.25, 0.3) is 0 Å². The minimum atomic E-state index is 0. The maximum atomic E-state index is 5.45. The molecule has 0 spiro atoms. The van der Waals surface area contributed by atoms with E-state index in [2.05, 4.69) is 25.9 Å². The van der Waals surface area contributed by atoms with Gasteiger partial charge in [0.05, 0.1) is 19.9 Å². The third-order valence-electron chi connectivity index (χ3n) is 4.75. The van der Waals surface area contributed by atoms with Gasteiger partial charge in [0.1, 0.15) is 11.5 Å². The van der Waals surface area contributed by atoms with E-state index in [1.165, 1.54) is 12.8 Å². The third kappa shape index (κ3) is 6.63. The average molecular weight is 531 g/mol. The molecule has 7 nitrogen and oxygen atoms in total. The molecule has 0 unspecified atom stereocenters. The van der Waals surface area contributed by atoms with Gasteiger partial charge in [-0.25, -0.2) is 4.98 Å². The van der Waals surface area contributed by atoms with Crippen molar-refractivity contribution in [2.75, 3.05) is 45.8 Å². The monoisotopic (exact) mass is 531 g/mol. The molecule has 1 aliphatic heterocycles. The molecule has 0 saturated carbocycles. The van der Waals surface area contributed by atoms with E-state index in [1.807, 2.05) is 18.2 Å². The van der Waals surface area contributed by atoms with Gasteiger partial charge in [-0.15, -0.1) is 35.3 Å². The topological polar surface area (TPSA) is 71.0 Å². The normalized spacial score (nSPS) is 13.8. The highest BCUT2D eigenvalue weighted by atomic mass is 127. The smallest absolute Gasteiger partial charge is 0.191 e. The van der Waals surface area contributed by atoms with Crippen molar-refractivity contribution in [2.45, 2.75) is 25.8 Å². The number of guanidine groups is 1. The fourth-order valence-electron chi connectivity index (χ4n) is 3.17. The molecule has 0 radical (unpaired) electrons. The van der Waals surface area contributed by atoms with E-state index in [9.17, 15) is 0 Å². The van der Waals surface area contributed by atoms with Crippen molar-refractivity contribution in [3.8, 4) is 11.5 Å². The number of hydrogen-bond acceptors (Lipinski definition) is 6. The Balaban J connectivity index is 0.00000300. The van der Waals surface area contributed by atoms with Gasteiger partial charge >= 0.3 is 0 Å². The molecule has 2 heterocycles. The lowest BCUT2D eigenvalue weighted by Crippen LogP contribution is -2.38. The SMILES string of the molecule is CN=C(NCCc1csc(N2CCCC2)n1)NCc1ccc(OC)cc1OC.I. The highest BCUT2D eigenvalue weighted by molar-refractivity contribution is 14.0. The number of anilines is 1. The van der Waals surface area contributed by atoms with Gasteiger partial charge in [-0.05, 0) is 25.0 Å². The van der Waals surface area contributed by atoms with Crippen LogP contribution in [0.5, 0.6) is 11.5 Å². The maximum absolute atomic E-state index is 5.45. The highest BCUT2D eigenvalue weighted by Gasteiger charge is 2.15. The van der Waals surface area contributed by atoms with Gasteiger partial charge in [0.15, 0.2) is 11.1 Å². The third-order valence-corrected chi connectivity index (χ3v) is 5.70. The van der Waals surface area contributed by atoms with Crippen LogP contribution in [0.1, 0.15) is 24.1 Å². The summed E-state index contributed by atoms with van der Waals surface area (Å²) in [4.78, 5) is 11.4. The Bertz CT molecular complexity index is 793. The maximum Gasteiger partial charge on any atom is 0.191 e. The molecule has 1 fully saturated rings. The fourth-order valence-corrected chi connectivity index (χ4v) is 4.08. The number of hydrogen-bond donors (Lipinski definition) is 2. The quantitative estimate of drug-likeness (QED) is 0.310. The van der Waals surface area contributed by atoms with Crippen molar-refractivity contribution in [2.24, 2.45) is 4.99 Å². The van der Waals surface area contributed by atoms with Crippen LogP contribution in [0.15, 0.2) is 28.6 Å². The number of benzene rings is 1. The molecule has 2 aromatic rings. The largest absolute Gasteiger partial charge is 0.497 e. The van der Waals surface area contributed by atoms with Crippen LogP contribution in [0.3, 0.4) is 0 Å². The molecule has 29 heavy (non-hydrogen) atoms. The van der Waals surface area contributed by atoms with Crippen molar-refractivity contribution in [1.82, 2.24) is 15.6 Å². The number of thiazole rings is 1. The van der Waals surface area contributed by atoms with Gasteiger partial charge in [-0.3, -0.25) is 4.99 Å². The number of rotatable bonds is 8. The van der Waals surface area contributed by atoms with Gasteiger partial charge in [0.2, 0.25) is 0 Å². The second-order valence-corrected chi connectivity index (χ2v) is 7.43. The average Bonchev–Trinajstić information content (AvgIpc) is 3.42. The molecule has 1 aliphatic rings. The second-order valence-electron chi connectivity index (χ2n) is 6.60. The molecule has 0 amide bonds. The predicted molar refractivity (Wildman–Crippen MR) is 130 cm³/mol. The van der Waals surface area contributed by atoms with Gasteiger partial charge in [-0.1, -0.05) is 0 Å². The number of ether oxygens (including phenoxy) is 2. The zero-order valence-electron chi connectivity index (χ0n) is 17.2. The summed E-state index contributed by atoms with van der Waals surface area (Å²) in [6.07, 6.45) is 3.42. The number of nitrogens with zero attached hydrogens (tertiary/aromatic N) is 3. The first-order valence-electron chi connectivity index (χ1n) is 9.58. The molecule has 1 aromatic heterocycles. The van der Waals surface area contributed by atoms with Gasteiger partial charge in [0.25, 0.3) is 0 Å². The molecule has 2 N–H and O–H groups in total. The van der Waals surface area contributed by atoms with Crippen LogP contribution in [0.4, 0.5) is 5.13 Å². The van der Waals surface area contributed by atoms with Crippen molar-refractivity contribution in [1.29, 1.82) is 0 Å². The van der Waals surface area contributed by atoms with Crippen LogP contribution < -0.4 is 25.0 Å². The summed E-state index contributed by atoms with van der Waals surface area (Å²) in [5.41, 5.74) is 2.17. The molecule has 0 aliphatic carbocycles. The molecule has 1 aromatic carbocycles. The summed E-state index contributed by atoms with van der Waals surface area (Å²) in [6, 6.07) is 5.80. The summed E-state index contributed by atoms with van der Waals surface area (Å²) in [5, 5.41) is 9.99. The minimum absolute atomic E-state index is 0. The first-order chi connectivity index (χ1) is 13.7. The Hall–Kier alpha value is -1.75. The second kappa shape index (κ2) is 12.1. The van der Waals surface area contributed by atoms with Gasteiger partial charge < -0.3 is 25.0 Å². The minimum Gasteiger partial charge on any atom is -0.497 e. The zero-order valence-corrected chi connectivity index (χ0v) is 20.4. The lowest BCUT2D eigenvalue weighted by molar-refractivity contribution is 0.390. The summed E-state index contributed by atoms with van der Waals surface area (Å²) in [6.45, 7) is 3.67. The van der Waals surface area contributed by atoms with Gasteiger partial charge in [-0.2, -0.15) is 0 Å². The van der Waals surface area contributed by atoms with E-state index in [-0.39, 0.29) is 24.0 Å². The van der Waals surface area contributed by atoms with E-state index in [1.54, 1.807) is 32.6 Å². The first-order valence-corrected chi connectivity index (χ1v) is 10.5. The van der Waals surface area contributed by atoms with Crippen LogP contribution in [-0.4, -0.2) is 51.8 Å². The van der Waals surface area contributed by atoms with E-state index < -0.39 is 0 Å².